The minimum atomic E-state index is -0.335. The van der Waals surface area contributed by atoms with Crippen LogP contribution in [0.4, 0.5) is 5.69 Å². The fraction of sp³-hybridized carbons (Fsp3) is 0.263. The summed E-state index contributed by atoms with van der Waals surface area (Å²) in [6, 6.07) is 13.7. The van der Waals surface area contributed by atoms with Crippen molar-refractivity contribution in [3.05, 3.63) is 63.7 Å². The van der Waals surface area contributed by atoms with E-state index in [0.29, 0.717) is 5.92 Å². The number of rotatable bonds is 1. The highest BCUT2D eigenvalue weighted by Gasteiger charge is 2.19. The van der Waals surface area contributed by atoms with Crippen LogP contribution in [-0.2, 0) is 6.42 Å². The Morgan fingerprint density at radius 1 is 1.05 bits per heavy atom. The van der Waals surface area contributed by atoms with Crippen molar-refractivity contribution in [3.8, 4) is 0 Å². The molecular formula is C19H17NO2. The Morgan fingerprint density at radius 3 is 2.64 bits per heavy atom. The molecule has 0 bridgehead atoms. The molecule has 0 saturated heterocycles. The number of fused-ring (bicyclic) bond motifs is 5. The molecular weight excluding hydrogens is 274 g/mol. The van der Waals surface area contributed by atoms with E-state index in [9.17, 15) is 10.1 Å². The molecule has 0 aliphatic heterocycles. The van der Waals surface area contributed by atoms with Gasteiger partial charge in [-0.1, -0.05) is 31.2 Å². The van der Waals surface area contributed by atoms with Gasteiger partial charge in [0.05, 0.1) is 4.92 Å². The van der Waals surface area contributed by atoms with Crippen LogP contribution in [0.1, 0.15) is 36.8 Å². The van der Waals surface area contributed by atoms with E-state index in [2.05, 4.69) is 25.1 Å². The van der Waals surface area contributed by atoms with Crippen LogP contribution in [0, 0.1) is 10.1 Å². The number of nitro benzene ring substituents is 1. The second kappa shape index (κ2) is 4.80. The first-order valence-corrected chi connectivity index (χ1v) is 7.78. The third-order valence-electron chi connectivity index (χ3n) is 4.95. The second-order valence-electron chi connectivity index (χ2n) is 6.25. The van der Waals surface area contributed by atoms with Gasteiger partial charge in [0, 0.05) is 12.1 Å². The van der Waals surface area contributed by atoms with Gasteiger partial charge in [0.1, 0.15) is 0 Å². The molecule has 0 radical (unpaired) electrons. The van der Waals surface area contributed by atoms with Crippen molar-refractivity contribution in [2.24, 2.45) is 0 Å². The van der Waals surface area contributed by atoms with Crippen LogP contribution in [0.25, 0.3) is 21.5 Å². The number of nitro groups is 1. The van der Waals surface area contributed by atoms with Crippen molar-refractivity contribution in [2.75, 3.05) is 0 Å². The van der Waals surface area contributed by atoms with E-state index in [4.69, 9.17) is 0 Å². The summed E-state index contributed by atoms with van der Waals surface area (Å²) in [4.78, 5) is 10.6. The molecule has 0 heterocycles. The van der Waals surface area contributed by atoms with Crippen molar-refractivity contribution >= 4 is 27.2 Å². The maximum Gasteiger partial charge on any atom is 0.270 e. The topological polar surface area (TPSA) is 43.1 Å². The van der Waals surface area contributed by atoms with E-state index in [0.717, 1.165) is 17.2 Å². The van der Waals surface area contributed by atoms with Crippen molar-refractivity contribution in [1.82, 2.24) is 0 Å². The molecule has 0 spiro atoms. The Balaban J connectivity index is 2.03. The lowest BCUT2D eigenvalue weighted by molar-refractivity contribution is -0.384. The predicted molar refractivity (Wildman–Crippen MR) is 89.5 cm³/mol. The molecule has 0 N–H and O–H groups in total. The minimum Gasteiger partial charge on any atom is -0.258 e. The summed E-state index contributed by atoms with van der Waals surface area (Å²) in [5.41, 5.74) is 3.09. The SMILES string of the molecule is CC1CCCc2c1ccc1c2ccc2cc([N+](=O)[O-])ccc21. The minimum absolute atomic E-state index is 0.151. The quantitative estimate of drug-likeness (QED) is 0.345. The number of hydrogen-bond donors (Lipinski definition) is 0. The average molecular weight is 291 g/mol. The summed E-state index contributed by atoms with van der Waals surface area (Å²) in [6.07, 6.45) is 3.64. The molecule has 3 nitrogen and oxygen atoms in total. The van der Waals surface area contributed by atoms with Gasteiger partial charge in [0.15, 0.2) is 0 Å². The monoisotopic (exact) mass is 291 g/mol. The molecule has 1 aliphatic carbocycles. The molecule has 1 unspecified atom stereocenters. The fourth-order valence-corrected chi connectivity index (χ4v) is 3.81. The van der Waals surface area contributed by atoms with Crippen LogP contribution in [-0.4, -0.2) is 4.92 Å². The highest BCUT2D eigenvalue weighted by molar-refractivity contribution is 6.09. The molecule has 22 heavy (non-hydrogen) atoms. The van der Waals surface area contributed by atoms with Gasteiger partial charge in [-0.2, -0.15) is 0 Å². The summed E-state index contributed by atoms with van der Waals surface area (Å²) >= 11 is 0. The fourth-order valence-electron chi connectivity index (χ4n) is 3.81. The Kier molecular flexibility index (Phi) is 2.89. The molecule has 3 aromatic carbocycles. The van der Waals surface area contributed by atoms with Gasteiger partial charge in [-0.3, -0.25) is 10.1 Å². The third kappa shape index (κ3) is 1.89. The lowest BCUT2D eigenvalue weighted by Gasteiger charge is -2.24. The van der Waals surface area contributed by atoms with Crippen LogP contribution in [0.3, 0.4) is 0 Å². The number of non-ortho nitro benzene ring substituents is 1. The normalized spacial score (nSPS) is 17.6. The van der Waals surface area contributed by atoms with Crippen molar-refractivity contribution in [3.63, 3.8) is 0 Å². The van der Waals surface area contributed by atoms with Gasteiger partial charge in [0.25, 0.3) is 5.69 Å². The lowest BCUT2D eigenvalue weighted by Crippen LogP contribution is -2.07. The van der Waals surface area contributed by atoms with Crippen LogP contribution in [0.2, 0.25) is 0 Å². The first-order valence-electron chi connectivity index (χ1n) is 7.78. The molecule has 3 heteroatoms. The Hall–Kier alpha value is -2.42. The van der Waals surface area contributed by atoms with Crippen molar-refractivity contribution < 1.29 is 4.92 Å². The molecule has 3 aromatic rings. The number of hydrogen-bond acceptors (Lipinski definition) is 2. The van der Waals surface area contributed by atoms with Gasteiger partial charge < -0.3 is 0 Å². The molecule has 4 rings (SSSR count). The number of nitrogens with zero attached hydrogens (tertiary/aromatic N) is 1. The highest BCUT2D eigenvalue weighted by atomic mass is 16.6. The largest absolute Gasteiger partial charge is 0.270 e. The zero-order valence-electron chi connectivity index (χ0n) is 12.5. The van der Waals surface area contributed by atoms with Gasteiger partial charge >= 0.3 is 0 Å². The van der Waals surface area contributed by atoms with E-state index in [1.165, 1.54) is 34.7 Å². The molecule has 110 valence electrons. The molecule has 0 fully saturated rings. The van der Waals surface area contributed by atoms with E-state index in [1.807, 2.05) is 12.1 Å². The van der Waals surface area contributed by atoms with Gasteiger partial charge in [-0.05, 0) is 63.9 Å². The molecule has 1 aliphatic rings. The number of aryl methyl sites for hydroxylation is 1. The Labute approximate surface area is 128 Å². The number of benzene rings is 3. The first-order chi connectivity index (χ1) is 10.6. The smallest absolute Gasteiger partial charge is 0.258 e. The summed E-state index contributed by atoms with van der Waals surface area (Å²) in [6.45, 7) is 2.30. The first kappa shape index (κ1) is 13.3. The molecule has 1 atom stereocenters. The second-order valence-corrected chi connectivity index (χ2v) is 6.25. The van der Waals surface area contributed by atoms with Crippen molar-refractivity contribution in [1.29, 1.82) is 0 Å². The Morgan fingerprint density at radius 2 is 1.82 bits per heavy atom. The van der Waals surface area contributed by atoms with Gasteiger partial charge in [0.2, 0.25) is 0 Å². The van der Waals surface area contributed by atoms with E-state index < -0.39 is 0 Å². The standard InChI is InChI=1S/C19H17NO2/c1-12-3-2-4-17-15(12)9-10-18-16-8-6-14(20(21)22)11-13(16)5-7-19(17)18/h5-12H,2-4H2,1H3. The van der Waals surface area contributed by atoms with Crippen molar-refractivity contribution in [2.45, 2.75) is 32.1 Å². The average Bonchev–Trinajstić information content (AvgIpc) is 2.54. The lowest BCUT2D eigenvalue weighted by atomic mass is 9.81. The van der Waals surface area contributed by atoms with Gasteiger partial charge in [-0.15, -0.1) is 0 Å². The predicted octanol–water partition coefficient (Wildman–Crippen LogP) is 5.34. The zero-order chi connectivity index (χ0) is 15.3. The zero-order valence-corrected chi connectivity index (χ0v) is 12.5. The van der Waals surface area contributed by atoms with Crippen LogP contribution >= 0.6 is 0 Å². The molecule has 0 amide bonds. The maximum atomic E-state index is 10.9. The summed E-state index contributed by atoms with van der Waals surface area (Å²) in [7, 11) is 0. The summed E-state index contributed by atoms with van der Waals surface area (Å²) in [5, 5.41) is 15.5. The highest BCUT2D eigenvalue weighted by Crippen LogP contribution is 2.38. The van der Waals surface area contributed by atoms with E-state index in [1.54, 1.807) is 12.1 Å². The third-order valence-corrected chi connectivity index (χ3v) is 4.95. The van der Waals surface area contributed by atoms with E-state index >= 15 is 0 Å². The van der Waals surface area contributed by atoms with Crippen LogP contribution < -0.4 is 0 Å². The van der Waals surface area contributed by atoms with E-state index in [-0.39, 0.29) is 10.6 Å². The van der Waals surface area contributed by atoms with Gasteiger partial charge in [-0.25, -0.2) is 0 Å². The molecule has 0 aromatic heterocycles. The molecule has 0 saturated carbocycles. The van der Waals surface area contributed by atoms with Crippen LogP contribution in [0.5, 0.6) is 0 Å². The summed E-state index contributed by atoms with van der Waals surface area (Å²) < 4.78 is 0. The summed E-state index contributed by atoms with van der Waals surface area (Å²) in [5.74, 6) is 0.626. The Bertz CT molecular complexity index is 914. The van der Waals surface area contributed by atoms with Crippen LogP contribution in [0.15, 0.2) is 42.5 Å². The maximum absolute atomic E-state index is 10.9.